The minimum atomic E-state index is -0.350. The zero-order valence-corrected chi connectivity index (χ0v) is 6.30. The second kappa shape index (κ2) is 2.20. The van der Waals surface area contributed by atoms with Crippen molar-refractivity contribution in [3.8, 4) is 0 Å². The molecular formula is C6H4N2O2S. The lowest BCUT2D eigenvalue weighted by Gasteiger charge is -2.16. The van der Waals surface area contributed by atoms with Crippen molar-refractivity contribution in [1.82, 2.24) is 4.90 Å². The summed E-state index contributed by atoms with van der Waals surface area (Å²) in [4.78, 5) is 26.9. The molecule has 0 radical (unpaired) electrons. The summed E-state index contributed by atoms with van der Waals surface area (Å²) >= 11 is 1.29. The summed E-state index contributed by atoms with van der Waals surface area (Å²) in [6, 6.07) is 0. The topological polar surface area (TPSA) is 49.7 Å². The SMILES string of the molecule is O=C1CC(=O)N2C=CSC2=N1. The van der Waals surface area contributed by atoms with Gasteiger partial charge in [-0.2, -0.15) is 4.99 Å². The third-order valence-corrected chi connectivity index (χ3v) is 2.14. The van der Waals surface area contributed by atoms with Crippen molar-refractivity contribution in [2.45, 2.75) is 6.42 Å². The van der Waals surface area contributed by atoms with Gasteiger partial charge in [0, 0.05) is 6.20 Å². The second-order valence-corrected chi connectivity index (χ2v) is 3.00. The summed E-state index contributed by atoms with van der Waals surface area (Å²) in [5, 5.41) is 2.21. The molecule has 0 unspecified atom stereocenters. The quantitative estimate of drug-likeness (QED) is 0.489. The zero-order valence-electron chi connectivity index (χ0n) is 5.48. The maximum atomic E-state index is 11.0. The number of amides is 2. The van der Waals surface area contributed by atoms with Crippen LogP contribution in [0.25, 0.3) is 0 Å². The van der Waals surface area contributed by atoms with Gasteiger partial charge in [0.05, 0.1) is 0 Å². The Morgan fingerprint density at radius 2 is 2.36 bits per heavy atom. The molecule has 0 fully saturated rings. The Morgan fingerprint density at radius 1 is 1.55 bits per heavy atom. The molecule has 56 valence electrons. The molecule has 0 N–H and O–H groups in total. The number of fused-ring (bicyclic) bond motifs is 1. The maximum Gasteiger partial charge on any atom is 0.257 e. The largest absolute Gasteiger partial charge is 0.273 e. The van der Waals surface area contributed by atoms with E-state index in [1.165, 1.54) is 16.7 Å². The van der Waals surface area contributed by atoms with Crippen LogP contribution >= 0.6 is 11.8 Å². The first kappa shape index (κ1) is 6.60. The van der Waals surface area contributed by atoms with Crippen LogP contribution in [-0.4, -0.2) is 21.9 Å². The molecule has 2 aliphatic rings. The summed E-state index contributed by atoms with van der Waals surface area (Å²) in [6.07, 6.45) is 1.52. The number of aliphatic imine (C=N–C) groups is 1. The number of hydrogen-bond acceptors (Lipinski definition) is 3. The molecule has 2 heterocycles. The Labute approximate surface area is 67.0 Å². The molecule has 0 aromatic rings. The van der Waals surface area contributed by atoms with Crippen LogP contribution in [0.5, 0.6) is 0 Å². The van der Waals surface area contributed by atoms with Gasteiger partial charge in [-0.15, -0.1) is 0 Å². The van der Waals surface area contributed by atoms with Crippen molar-refractivity contribution in [2.75, 3.05) is 0 Å². The lowest BCUT2D eigenvalue weighted by molar-refractivity contribution is -0.131. The average Bonchev–Trinajstić information content (AvgIpc) is 2.34. The molecule has 0 bridgehead atoms. The van der Waals surface area contributed by atoms with Crippen LogP contribution in [0.2, 0.25) is 0 Å². The molecule has 0 aromatic heterocycles. The first-order valence-corrected chi connectivity index (χ1v) is 3.92. The fourth-order valence-electron chi connectivity index (χ4n) is 0.903. The molecule has 2 aliphatic heterocycles. The number of nitrogens with zero attached hydrogens (tertiary/aromatic N) is 2. The van der Waals surface area contributed by atoms with Crippen molar-refractivity contribution in [1.29, 1.82) is 0 Å². The normalized spacial score (nSPS) is 22.2. The first-order chi connectivity index (χ1) is 5.27. The van der Waals surface area contributed by atoms with Crippen LogP contribution < -0.4 is 0 Å². The molecule has 0 aromatic carbocycles. The molecule has 0 spiro atoms. The van der Waals surface area contributed by atoms with Gasteiger partial charge in [0.2, 0.25) is 5.91 Å². The summed E-state index contributed by atoms with van der Waals surface area (Å²) in [7, 11) is 0. The minimum absolute atomic E-state index is 0.103. The highest BCUT2D eigenvalue weighted by atomic mass is 32.2. The fraction of sp³-hybridized carbons (Fsp3) is 0.167. The monoisotopic (exact) mass is 168 g/mol. The predicted molar refractivity (Wildman–Crippen MR) is 40.6 cm³/mol. The number of rotatable bonds is 0. The van der Waals surface area contributed by atoms with Gasteiger partial charge in [-0.05, 0) is 5.41 Å². The third kappa shape index (κ3) is 0.970. The minimum Gasteiger partial charge on any atom is -0.273 e. The Morgan fingerprint density at radius 3 is 3.18 bits per heavy atom. The van der Waals surface area contributed by atoms with E-state index in [0.717, 1.165) is 0 Å². The Balaban J connectivity index is 2.40. The van der Waals surface area contributed by atoms with Crippen molar-refractivity contribution in [3.05, 3.63) is 11.6 Å². The smallest absolute Gasteiger partial charge is 0.257 e. The average molecular weight is 168 g/mol. The van der Waals surface area contributed by atoms with E-state index < -0.39 is 0 Å². The molecule has 0 saturated carbocycles. The molecule has 0 aliphatic carbocycles. The van der Waals surface area contributed by atoms with E-state index in [0.29, 0.717) is 5.17 Å². The number of carbonyl (C=O) groups is 2. The Hall–Kier alpha value is -1.10. The van der Waals surface area contributed by atoms with Crippen molar-refractivity contribution in [2.24, 2.45) is 4.99 Å². The van der Waals surface area contributed by atoms with Gasteiger partial charge in [0.15, 0.2) is 5.17 Å². The summed E-state index contributed by atoms with van der Waals surface area (Å²) in [5.74, 6) is -0.543. The lowest BCUT2D eigenvalue weighted by atomic mass is 10.3. The highest BCUT2D eigenvalue weighted by molar-refractivity contribution is 8.16. The van der Waals surface area contributed by atoms with Crippen molar-refractivity contribution < 1.29 is 9.59 Å². The van der Waals surface area contributed by atoms with Crippen LogP contribution in [0.1, 0.15) is 6.42 Å². The van der Waals surface area contributed by atoms with Crippen LogP contribution in [-0.2, 0) is 9.59 Å². The standard InChI is InChI=1S/C6H4N2O2S/c9-4-3-5(10)8-1-2-11-6(8)7-4/h1-2H,3H2. The summed E-state index contributed by atoms with van der Waals surface area (Å²) in [5.41, 5.74) is 0. The van der Waals surface area contributed by atoms with Gasteiger partial charge >= 0.3 is 0 Å². The van der Waals surface area contributed by atoms with Crippen LogP contribution in [0.4, 0.5) is 0 Å². The zero-order chi connectivity index (χ0) is 7.84. The third-order valence-electron chi connectivity index (χ3n) is 1.38. The maximum absolute atomic E-state index is 11.0. The molecule has 0 saturated heterocycles. The van der Waals surface area contributed by atoms with Gasteiger partial charge in [0.1, 0.15) is 6.42 Å². The molecule has 0 atom stereocenters. The van der Waals surface area contributed by atoms with E-state index in [2.05, 4.69) is 4.99 Å². The number of hydrogen-bond donors (Lipinski definition) is 0. The van der Waals surface area contributed by atoms with E-state index in [1.54, 1.807) is 11.6 Å². The Bertz CT molecular complexity index is 295. The van der Waals surface area contributed by atoms with Crippen LogP contribution in [0.15, 0.2) is 16.6 Å². The Kier molecular flexibility index (Phi) is 1.32. The van der Waals surface area contributed by atoms with Crippen LogP contribution in [0, 0.1) is 0 Å². The van der Waals surface area contributed by atoms with Gasteiger partial charge in [-0.25, -0.2) is 0 Å². The highest BCUT2D eigenvalue weighted by Crippen LogP contribution is 2.23. The number of thioether (sulfide) groups is 1. The first-order valence-electron chi connectivity index (χ1n) is 3.04. The van der Waals surface area contributed by atoms with E-state index in [1.807, 2.05) is 0 Å². The number of carbonyl (C=O) groups excluding carboxylic acids is 2. The van der Waals surface area contributed by atoms with Gasteiger partial charge in [-0.1, -0.05) is 11.8 Å². The summed E-state index contributed by atoms with van der Waals surface area (Å²) in [6.45, 7) is 0. The highest BCUT2D eigenvalue weighted by Gasteiger charge is 2.28. The molecule has 4 nitrogen and oxygen atoms in total. The van der Waals surface area contributed by atoms with E-state index >= 15 is 0 Å². The second-order valence-electron chi connectivity index (χ2n) is 2.13. The predicted octanol–water partition coefficient (Wildman–Crippen LogP) is 0.319. The van der Waals surface area contributed by atoms with Gasteiger partial charge < -0.3 is 0 Å². The molecule has 11 heavy (non-hydrogen) atoms. The number of amidine groups is 1. The van der Waals surface area contributed by atoms with E-state index in [9.17, 15) is 9.59 Å². The van der Waals surface area contributed by atoms with Crippen molar-refractivity contribution in [3.63, 3.8) is 0 Å². The van der Waals surface area contributed by atoms with Gasteiger partial charge in [0.25, 0.3) is 5.91 Å². The molecule has 2 amide bonds. The van der Waals surface area contributed by atoms with E-state index in [4.69, 9.17) is 0 Å². The fourth-order valence-corrected chi connectivity index (χ4v) is 1.64. The molecule has 5 heteroatoms. The molecular weight excluding hydrogens is 164 g/mol. The van der Waals surface area contributed by atoms with Gasteiger partial charge in [-0.3, -0.25) is 14.5 Å². The van der Waals surface area contributed by atoms with Crippen molar-refractivity contribution >= 4 is 28.7 Å². The van der Waals surface area contributed by atoms with Crippen LogP contribution in [0.3, 0.4) is 0 Å². The van der Waals surface area contributed by atoms with E-state index in [-0.39, 0.29) is 18.2 Å². The molecule has 2 rings (SSSR count). The lowest BCUT2D eigenvalue weighted by Crippen LogP contribution is -2.33. The summed E-state index contributed by atoms with van der Waals surface area (Å²) < 4.78 is 0.